The molecular formula is C14H18N2O3. The van der Waals surface area contributed by atoms with Gasteiger partial charge in [0.25, 0.3) is 5.91 Å². The van der Waals surface area contributed by atoms with E-state index in [0.29, 0.717) is 18.7 Å². The highest BCUT2D eigenvalue weighted by Crippen LogP contribution is 2.15. The molecule has 1 N–H and O–H groups in total. The summed E-state index contributed by atoms with van der Waals surface area (Å²) in [6.07, 6.45) is 0.104. The molecule has 0 spiro atoms. The quantitative estimate of drug-likeness (QED) is 0.885. The Bertz CT molecular complexity index is 468. The van der Waals surface area contributed by atoms with Crippen molar-refractivity contribution < 1.29 is 14.3 Å². The Kier molecular flexibility index (Phi) is 4.04. The molecule has 0 saturated carbocycles. The average Bonchev–Trinajstić information content (AvgIpc) is 2.38. The van der Waals surface area contributed by atoms with Gasteiger partial charge in [-0.3, -0.25) is 9.59 Å². The van der Waals surface area contributed by atoms with Crippen molar-refractivity contribution >= 4 is 11.8 Å². The van der Waals surface area contributed by atoms with E-state index in [1.807, 2.05) is 13.8 Å². The van der Waals surface area contributed by atoms with E-state index in [9.17, 15) is 9.59 Å². The maximum absolute atomic E-state index is 12.2. The highest BCUT2D eigenvalue weighted by Gasteiger charge is 2.22. The van der Waals surface area contributed by atoms with Crippen LogP contribution in [-0.4, -0.2) is 42.5 Å². The summed E-state index contributed by atoms with van der Waals surface area (Å²) < 4.78 is 5.52. The molecular weight excluding hydrogens is 244 g/mol. The van der Waals surface area contributed by atoms with E-state index < -0.39 is 0 Å². The second-order valence-corrected chi connectivity index (χ2v) is 4.77. The largest absolute Gasteiger partial charge is 0.491 e. The minimum absolute atomic E-state index is 0.104. The van der Waals surface area contributed by atoms with Gasteiger partial charge in [-0.05, 0) is 38.1 Å². The number of nitrogens with zero attached hydrogens (tertiary/aromatic N) is 1. The normalized spacial score (nSPS) is 15.3. The molecule has 102 valence electrons. The van der Waals surface area contributed by atoms with Crippen LogP contribution in [0.2, 0.25) is 0 Å². The third-order valence-corrected chi connectivity index (χ3v) is 2.80. The van der Waals surface area contributed by atoms with Crippen LogP contribution in [0.3, 0.4) is 0 Å². The molecule has 2 rings (SSSR count). The van der Waals surface area contributed by atoms with Gasteiger partial charge in [0.15, 0.2) is 0 Å². The number of hydrogen-bond donors (Lipinski definition) is 1. The van der Waals surface area contributed by atoms with Crippen molar-refractivity contribution in [3.63, 3.8) is 0 Å². The summed E-state index contributed by atoms with van der Waals surface area (Å²) in [6, 6.07) is 7.01. The molecule has 2 amide bonds. The van der Waals surface area contributed by atoms with Gasteiger partial charge in [0.1, 0.15) is 5.75 Å². The Morgan fingerprint density at radius 2 is 2.00 bits per heavy atom. The van der Waals surface area contributed by atoms with Crippen LogP contribution in [0.4, 0.5) is 0 Å². The third-order valence-electron chi connectivity index (χ3n) is 2.80. The van der Waals surface area contributed by atoms with Gasteiger partial charge >= 0.3 is 0 Å². The van der Waals surface area contributed by atoms with Crippen LogP contribution in [0.15, 0.2) is 24.3 Å². The minimum Gasteiger partial charge on any atom is -0.491 e. The summed E-state index contributed by atoms with van der Waals surface area (Å²) >= 11 is 0. The molecule has 1 aliphatic rings. The number of carbonyl (C=O) groups excluding carboxylic acids is 2. The van der Waals surface area contributed by atoms with Crippen LogP contribution in [0.25, 0.3) is 0 Å². The Balaban J connectivity index is 2.04. The molecule has 1 fully saturated rings. The molecule has 1 heterocycles. The molecule has 0 bridgehead atoms. The van der Waals surface area contributed by atoms with Crippen molar-refractivity contribution in [3.05, 3.63) is 29.8 Å². The lowest BCUT2D eigenvalue weighted by atomic mass is 10.1. The van der Waals surface area contributed by atoms with E-state index in [1.54, 1.807) is 29.2 Å². The van der Waals surface area contributed by atoms with E-state index in [1.165, 1.54) is 0 Å². The second kappa shape index (κ2) is 5.73. The molecule has 5 heteroatoms. The molecule has 0 unspecified atom stereocenters. The van der Waals surface area contributed by atoms with E-state index in [-0.39, 0.29) is 24.5 Å². The molecule has 1 aliphatic heterocycles. The van der Waals surface area contributed by atoms with Gasteiger partial charge in [0, 0.05) is 18.7 Å². The van der Waals surface area contributed by atoms with E-state index in [4.69, 9.17) is 4.74 Å². The van der Waals surface area contributed by atoms with Gasteiger partial charge in [-0.25, -0.2) is 0 Å². The maximum atomic E-state index is 12.2. The molecule has 0 atom stereocenters. The first kappa shape index (κ1) is 13.4. The van der Waals surface area contributed by atoms with Crippen molar-refractivity contribution in [1.29, 1.82) is 0 Å². The molecule has 19 heavy (non-hydrogen) atoms. The summed E-state index contributed by atoms with van der Waals surface area (Å²) in [4.78, 5) is 25.0. The standard InChI is InChI=1S/C14H18N2O3/c1-10(2)19-12-5-3-11(4-6-12)14(18)16-8-7-15-13(17)9-16/h3-6,10H,7-9H2,1-2H3,(H,15,17). The smallest absolute Gasteiger partial charge is 0.254 e. The lowest BCUT2D eigenvalue weighted by Gasteiger charge is -2.26. The lowest BCUT2D eigenvalue weighted by molar-refractivity contribution is -0.123. The number of hydrogen-bond acceptors (Lipinski definition) is 3. The SMILES string of the molecule is CC(C)Oc1ccc(C(=O)N2CCNC(=O)C2)cc1. The van der Waals surface area contributed by atoms with Gasteiger partial charge in [0.05, 0.1) is 12.6 Å². The van der Waals surface area contributed by atoms with E-state index >= 15 is 0 Å². The fraction of sp³-hybridized carbons (Fsp3) is 0.429. The molecule has 0 radical (unpaired) electrons. The molecule has 0 aromatic heterocycles. The number of ether oxygens (including phenoxy) is 1. The maximum Gasteiger partial charge on any atom is 0.254 e. The highest BCUT2D eigenvalue weighted by molar-refractivity contribution is 5.97. The minimum atomic E-state index is -0.119. The Morgan fingerprint density at radius 1 is 1.32 bits per heavy atom. The lowest BCUT2D eigenvalue weighted by Crippen LogP contribution is -2.49. The van der Waals surface area contributed by atoms with Crippen LogP contribution in [0, 0.1) is 0 Å². The third kappa shape index (κ3) is 3.47. The van der Waals surface area contributed by atoms with Crippen LogP contribution < -0.4 is 10.1 Å². The Morgan fingerprint density at radius 3 is 2.58 bits per heavy atom. The van der Waals surface area contributed by atoms with Crippen molar-refractivity contribution in [3.8, 4) is 5.75 Å². The predicted molar refractivity (Wildman–Crippen MR) is 71.1 cm³/mol. The predicted octanol–water partition coefficient (Wildman–Crippen LogP) is 1.05. The van der Waals surface area contributed by atoms with Crippen LogP contribution in [-0.2, 0) is 4.79 Å². The van der Waals surface area contributed by atoms with Crippen molar-refractivity contribution in [2.75, 3.05) is 19.6 Å². The van der Waals surface area contributed by atoms with Gasteiger partial charge in [0.2, 0.25) is 5.91 Å². The molecule has 1 saturated heterocycles. The first-order chi connectivity index (χ1) is 9.06. The fourth-order valence-electron chi connectivity index (χ4n) is 1.94. The fourth-order valence-corrected chi connectivity index (χ4v) is 1.94. The molecule has 1 aromatic carbocycles. The molecule has 5 nitrogen and oxygen atoms in total. The van der Waals surface area contributed by atoms with Crippen LogP contribution in [0.5, 0.6) is 5.75 Å². The monoisotopic (exact) mass is 262 g/mol. The van der Waals surface area contributed by atoms with Gasteiger partial charge in [-0.2, -0.15) is 0 Å². The van der Waals surface area contributed by atoms with Crippen molar-refractivity contribution in [2.45, 2.75) is 20.0 Å². The topological polar surface area (TPSA) is 58.6 Å². The van der Waals surface area contributed by atoms with Crippen LogP contribution >= 0.6 is 0 Å². The molecule has 1 aromatic rings. The van der Waals surface area contributed by atoms with Gasteiger partial charge < -0.3 is 15.0 Å². The zero-order chi connectivity index (χ0) is 13.8. The number of carbonyl (C=O) groups is 2. The summed E-state index contributed by atoms with van der Waals surface area (Å²) in [5.41, 5.74) is 0.575. The Labute approximate surface area is 112 Å². The number of amides is 2. The summed E-state index contributed by atoms with van der Waals surface area (Å²) in [7, 11) is 0. The second-order valence-electron chi connectivity index (χ2n) is 4.77. The van der Waals surface area contributed by atoms with Crippen molar-refractivity contribution in [1.82, 2.24) is 10.2 Å². The van der Waals surface area contributed by atoms with Crippen LogP contribution in [0.1, 0.15) is 24.2 Å². The first-order valence-electron chi connectivity index (χ1n) is 6.39. The first-order valence-corrected chi connectivity index (χ1v) is 6.39. The summed E-state index contributed by atoms with van der Waals surface area (Å²) in [5, 5.41) is 2.70. The number of nitrogens with one attached hydrogen (secondary N) is 1. The van der Waals surface area contributed by atoms with Crippen molar-refractivity contribution in [2.24, 2.45) is 0 Å². The molecule has 0 aliphatic carbocycles. The summed E-state index contributed by atoms with van der Waals surface area (Å²) in [5.74, 6) is 0.508. The highest BCUT2D eigenvalue weighted by atomic mass is 16.5. The number of benzene rings is 1. The zero-order valence-corrected chi connectivity index (χ0v) is 11.2. The van der Waals surface area contributed by atoms with E-state index in [0.717, 1.165) is 5.75 Å². The number of rotatable bonds is 3. The van der Waals surface area contributed by atoms with E-state index in [2.05, 4.69) is 5.32 Å². The Hall–Kier alpha value is -2.04. The summed E-state index contributed by atoms with van der Waals surface area (Å²) in [6.45, 7) is 5.09. The van der Waals surface area contributed by atoms with Gasteiger partial charge in [-0.1, -0.05) is 0 Å². The zero-order valence-electron chi connectivity index (χ0n) is 11.2. The van der Waals surface area contributed by atoms with Gasteiger partial charge in [-0.15, -0.1) is 0 Å². The number of piperazine rings is 1. The average molecular weight is 262 g/mol.